The molecule has 0 radical (unpaired) electrons. The highest BCUT2D eigenvalue weighted by Crippen LogP contribution is 2.43. The first-order valence-corrected chi connectivity index (χ1v) is 10.7. The maximum Gasteiger partial charge on any atom is 0.174 e. The van der Waals surface area contributed by atoms with E-state index in [9.17, 15) is 4.39 Å². The number of nitrogens with one attached hydrogen (secondary N) is 1. The number of benzene rings is 1. The first kappa shape index (κ1) is 20.3. The fraction of sp³-hybridized carbons (Fsp3) is 0.217. The Balaban J connectivity index is 1.69. The van der Waals surface area contributed by atoms with Gasteiger partial charge in [-0.2, -0.15) is 0 Å². The molecule has 4 heterocycles. The summed E-state index contributed by atoms with van der Waals surface area (Å²) in [4.78, 5) is 6.65. The predicted molar refractivity (Wildman–Crippen MR) is 124 cm³/mol. The van der Waals surface area contributed by atoms with Gasteiger partial charge in [0.2, 0.25) is 0 Å². The minimum absolute atomic E-state index is 0.177. The molecule has 0 unspecified atom stereocenters. The third-order valence-electron chi connectivity index (χ3n) is 5.91. The number of rotatable bonds is 4. The Kier molecular flexibility index (Phi) is 4.97. The molecule has 1 aliphatic rings. The van der Waals surface area contributed by atoms with Crippen LogP contribution >= 0.6 is 12.2 Å². The van der Waals surface area contributed by atoms with Gasteiger partial charge >= 0.3 is 0 Å². The van der Waals surface area contributed by atoms with Gasteiger partial charge in [-0.1, -0.05) is 6.07 Å². The average Bonchev–Trinajstić information content (AvgIpc) is 3.49. The smallest absolute Gasteiger partial charge is 0.174 e. The largest absolute Gasteiger partial charge is 0.351 e. The second-order valence-corrected chi connectivity index (χ2v) is 8.30. The Morgan fingerprint density at radius 3 is 2.50 bits per heavy atom. The maximum atomic E-state index is 14.0. The van der Waals surface area contributed by atoms with Gasteiger partial charge in [-0.15, -0.1) is 10.2 Å². The standard InChI is InChI=1S/C23H22FN7S/c1-14-10-17(7-8-19(14)24)30-22(21(28-23(30)32)20-6-4-5-9-25-20)18-11-15(2)31(16(18)3)29-12-26-27-13-29/h4-13,21-22H,1-3H3,(H,28,32)/t21-,22-/m1/s1. The highest BCUT2D eigenvalue weighted by molar-refractivity contribution is 7.80. The number of thiocarbonyl (C=S) groups is 1. The Morgan fingerprint density at radius 2 is 1.81 bits per heavy atom. The topological polar surface area (TPSA) is 63.8 Å². The third kappa shape index (κ3) is 3.25. The molecule has 162 valence electrons. The molecule has 0 amide bonds. The third-order valence-corrected chi connectivity index (χ3v) is 6.22. The second-order valence-electron chi connectivity index (χ2n) is 7.91. The summed E-state index contributed by atoms with van der Waals surface area (Å²) in [5, 5.41) is 11.9. The van der Waals surface area contributed by atoms with Crippen molar-refractivity contribution in [1.29, 1.82) is 0 Å². The Hall–Kier alpha value is -3.59. The molecular formula is C23H22FN7S. The van der Waals surface area contributed by atoms with Crippen molar-refractivity contribution in [3.63, 3.8) is 0 Å². The molecule has 1 saturated heterocycles. The summed E-state index contributed by atoms with van der Waals surface area (Å²) in [6.07, 6.45) is 5.11. The number of halogens is 1. The molecule has 1 aliphatic heterocycles. The number of hydrogen-bond acceptors (Lipinski definition) is 4. The molecule has 0 spiro atoms. The summed E-state index contributed by atoms with van der Waals surface area (Å²) in [6, 6.07) is 12.7. The van der Waals surface area contributed by atoms with E-state index in [-0.39, 0.29) is 17.9 Å². The lowest BCUT2D eigenvalue weighted by atomic mass is 9.96. The predicted octanol–water partition coefficient (Wildman–Crippen LogP) is 4.03. The van der Waals surface area contributed by atoms with E-state index in [2.05, 4.69) is 43.1 Å². The highest BCUT2D eigenvalue weighted by atomic mass is 32.1. The van der Waals surface area contributed by atoms with E-state index in [1.807, 2.05) is 35.9 Å². The number of pyridine rings is 1. The molecule has 0 aliphatic carbocycles. The monoisotopic (exact) mass is 447 g/mol. The van der Waals surface area contributed by atoms with E-state index < -0.39 is 0 Å². The lowest BCUT2D eigenvalue weighted by Gasteiger charge is -2.28. The summed E-state index contributed by atoms with van der Waals surface area (Å²) in [6.45, 7) is 5.86. The quantitative estimate of drug-likeness (QED) is 0.477. The van der Waals surface area contributed by atoms with Gasteiger partial charge in [-0.25, -0.2) is 9.07 Å². The minimum atomic E-state index is -0.240. The van der Waals surface area contributed by atoms with Gasteiger partial charge in [0, 0.05) is 28.8 Å². The van der Waals surface area contributed by atoms with Crippen LogP contribution < -0.4 is 10.2 Å². The molecule has 9 heteroatoms. The SMILES string of the molecule is Cc1cc(N2C(=S)N[C@H](c3ccccn3)[C@H]2c2cc(C)n(-n3cnnc3)c2C)ccc1F. The number of nitrogens with zero attached hydrogens (tertiary/aromatic N) is 6. The summed E-state index contributed by atoms with van der Waals surface area (Å²) in [5.74, 6) is -0.240. The zero-order valence-corrected chi connectivity index (χ0v) is 18.7. The van der Waals surface area contributed by atoms with Crippen LogP contribution in [0.25, 0.3) is 0 Å². The van der Waals surface area contributed by atoms with E-state index in [0.29, 0.717) is 10.7 Å². The Morgan fingerprint density at radius 1 is 1.03 bits per heavy atom. The second kappa shape index (κ2) is 7.83. The van der Waals surface area contributed by atoms with Crippen LogP contribution in [0, 0.1) is 26.6 Å². The van der Waals surface area contributed by atoms with Crippen LogP contribution in [0.5, 0.6) is 0 Å². The van der Waals surface area contributed by atoms with Gasteiger partial charge in [0.05, 0.1) is 17.8 Å². The molecule has 32 heavy (non-hydrogen) atoms. The normalized spacial score (nSPS) is 18.2. The molecule has 4 aromatic rings. The molecule has 0 bridgehead atoms. The Bertz CT molecular complexity index is 1280. The van der Waals surface area contributed by atoms with Crippen LogP contribution in [0.4, 0.5) is 10.1 Å². The van der Waals surface area contributed by atoms with Gasteiger partial charge in [-0.3, -0.25) is 9.66 Å². The highest BCUT2D eigenvalue weighted by Gasteiger charge is 2.42. The van der Waals surface area contributed by atoms with Crippen LogP contribution in [0.15, 0.2) is 61.3 Å². The van der Waals surface area contributed by atoms with Crippen LogP contribution in [0.2, 0.25) is 0 Å². The Labute approximate surface area is 190 Å². The summed E-state index contributed by atoms with van der Waals surface area (Å²) in [7, 11) is 0. The van der Waals surface area contributed by atoms with Gasteiger partial charge < -0.3 is 10.2 Å². The minimum Gasteiger partial charge on any atom is -0.351 e. The van der Waals surface area contributed by atoms with Crippen molar-refractivity contribution >= 4 is 23.0 Å². The summed E-state index contributed by atoms with van der Waals surface area (Å²) in [5.41, 5.74) is 5.43. The number of anilines is 1. The van der Waals surface area contributed by atoms with E-state index in [4.69, 9.17) is 12.2 Å². The first-order chi connectivity index (χ1) is 15.5. The molecule has 1 fully saturated rings. The van der Waals surface area contributed by atoms with Crippen molar-refractivity contribution in [3.05, 3.63) is 95.3 Å². The van der Waals surface area contributed by atoms with Crippen molar-refractivity contribution in [2.75, 3.05) is 4.90 Å². The molecule has 1 N–H and O–H groups in total. The van der Waals surface area contributed by atoms with Crippen LogP contribution in [0.3, 0.4) is 0 Å². The van der Waals surface area contributed by atoms with Crippen LogP contribution in [-0.4, -0.2) is 29.6 Å². The van der Waals surface area contributed by atoms with Gasteiger partial charge in [0.25, 0.3) is 0 Å². The fourth-order valence-electron chi connectivity index (χ4n) is 4.46. The fourth-order valence-corrected chi connectivity index (χ4v) is 4.80. The average molecular weight is 448 g/mol. The number of aromatic nitrogens is 5. The van der Waals surface area contributed by atoms with Crippen molar-refractivity contribution < 1.29 is 4.39 Å². The van der Waals surface area contributed by atoms with Crippen LogP contribution in [-0.2, 0) is 0 Å². The lowest BCUT2D eigenvalue weighted by Crippen LogP contribution is -2.29. The zero-order chi connectivity index (χ0) is 22.4. The molecule has 5 rings (SSSR count). The van der Waals surface area contributed by atoms with E-state index >= 15 is 0 Å². The number of aryl methyl sites for hydroxylation is 2. The molecule has 0 saturated carbocycles. The van der Waals surface area contributed by atoms with Gasteiger partial charge in [0.15, 0.2) is 5.11 Å². The lowest BCUT2D eigenvalue weighted by molar-refractivity contribution is 0.557. The van der Waals surface area contributed by atoms with Crippen molar-refractivity contribution in [2.24, 2.45) is 0 Å². The van der Waals surface area contributed by atoms with Crippen LogP contribution in [0.1, 0.15) is 40.3 Å². The van der Waals surface area contributed by atoms with Crippen molar-refractivity contribution in [2.45, 2.75) is 32.9 Å². The van der Waals surface area contributed by atoms with E-state index in [1.165, 1.54) is 6.07 Å². The number of hydrogen-bond donors (Lipinski definition) is 1. The zero-order valence-electron chi connectivity index (χ0n) is 17.9. The van der Waals surface area contributed by atoms with Gasteiger partial charge in [0.1, 0.15) is 18.5 Å². The molecule has 2 atom stereocenters. The summed E-state index contributed by atoms with van der Waals surface area (Å²) >= 11 is 5.78. The van der Waals surface area contributed by atoms with Gasteiger partial charge in [-0.05, 0) is 75.0 Å². The van der Waals surface area contributed by atoms with Crippen molar-refractivity contribution in [1.82, 2.24) is 29.9 Å². The molecular weight excluding hydrogens is 425 g/mol. The maximum absolute atomic E-state index is 14.0. The van der Waals surface area contributed by atoms with Crippen molar-refractivity contribution in [3.8, 4) is 0 Å². The first-order valence-electron chi connectivity index (χ1n) is 10.3. The molecule has 3 aromatic heterocycles. The molecule has 7 nitrogen and oxygen atoms in total. The molecule has 1 aromatic carbocycles. The van der Waals surface area contributed by atoms with E-state index in [0.717, 1.165) is 28.3 Å². The van der Waals surface area contributed by atoms with E-state index in [1.54, 1.807) is 31.8 Å². The summed E-state index contributed by atoms with van der Waals surface area (Å²) < 4.78 is 17.9.